The van der Waals surface area contributed by atoms with Gasteiger partial charge in [0, 0.05) is 0 Å². The average Bonchev–Trinajstić information content (AvgIpc) is 2.49. The molecule has 0 nitrogen and oxygen atoms in total. The Kier molecular flexibility index (Phi) is 4.02. The lowest BCUT2D eigenvalue weighted by Gasteiger charge is -2.36. The van der Waals surface area contributed by atoms with Crippen molar-refractivity contribution in [2.75, 3.05) is 0 Å². The zero-order chi connectivity index (χ0) is 12.2. The van der Waals surface area contributed by atoms with E-state index in [1.165, 1.54) is 57.8 Å². The van der Waals surface area contributed by atoms with Crippen LogP contribution in [-0.4, -0.2) is 0 Å². The minimum atomic E-state index is 0.854. The fraction of sp³-hybridized carbons (Fsp3) is 0.667. The van der Waals surface area contributed by atoms with Crippen LogP contribution in [0.15, 0.2) is 30.3 Å². The molecule has 0 aromatic heterocycles. The zero-order valence-electron chi connectivity index (χ0n) is 11.5. The molecule has 0 N–H and O–H groups in total. The second-order valence-corrected chi connectivity index (χ2v) is 6.43. The topological polar surface area (TPSA) is 0 Å². The quantitative estimate of drug-likeness (QED) is 0.638. The highest BCUT2D eigenvalue weighted by Gasteiger charge is 2.29. The minimum Gasteiger partial charge on any atom is -0.0622 e. The van der Waals surface area contributed by atoms with E-state index < -0.39 is 0 Å². The molecule has 0 heteroatoms. The largest absolute Gasteiger partial charge is 0.0622 e. The fourth-order valence-corrected chi connectivity index (χ4v) is 4.29. The van der Waals surface area contributed by atoms with Gasteiger partial charge in [-0.05, 0) is 36.2 Å². The van der Waals surface area contributed by atoms with E-state index in [-0.39, 0.29) is 0 Å². The van der Waals surface area contributed by atoms with Crippen LogP contribution in [0.1, 0.15) is 69.3 Å². The first-order valence-corrected chi connectivity index (χ1v) is 7.98. The van der Waals surface area contributed by atoms with Gasteiger partial charge in [-0.1, -0.05) is 75.3 Å². The molecule has 1 aromatic carbocycles. The number of hydrogen-bond acceptors (Lipinski definition) is 0. The van der Waals surface area contributed by atoms with Crippen molar-refractivity contribution in [3.63, 3.8) is 0 Å². The summed E-state index contributed by atoms with van der Waals surface area (Å²) < 4.78 is 0. The molecule has 0 bridgehead atoms. The summed E-state index contributed by atoms with van der Waals surface area (Å²) in [6, 6.07) is 11.2. The maximum absolute atomic E-state index is 2.34. The van der Waals surface area contributed by atoms with Crippen molar-refractivity contribution in [2.24, 2.45) is 11.8 Å². The second kappa shape index (κ2) is 5.91. The number of rotatable bonds is 2. The molecule has 0 amide bonds. The predicted octanol–water partition coefficient (Wildman–Crippen LogP) is 5.54. The second-order valence-electron chi connectivity index (χ2n) is 6.43. The van der Waals surface area contributed by atoms with Gasteiger partial charge in [0.1, 0.15) is 0 Å². The molecule has 3 rings (SSSR count). The SMILES string of the molecule is c1ccc(C2CCCC(C3CCCCC3)C2)cc1. The van der Waals surface area contributed by atoms with Gasteiger partial charge in [-0.25, -0.2) is 0 Å². The molecule has 2 saturated carbocycles. The van der Waals surface area contributed by atoms with Gasteiger partial charge in [-0.2, -0.15) is 0 Å². The van der Waals surface area contributed by atoms with Crippen molar-refractivity contribution in [1.29, 1.82) is 0 Å². The van der Waals surface area contributed by atoms with Crippen LogP contribution in [-0.2, 0) is 0 Å². The normalized spacial score (nSPS) is 30.2. The average molecular weight is 242 g/mol. The Morgan fingerprint density at radius 1 is 0.667 bits per heavy atom. The predicted molar refractivity (Wildman–Crippen MR) is 77.7 cm³/mol. The van der Waals surface area contributed by atoms with Crippen molar-refractivity contribution in [1.82, 2.24) is 0 Å². The van der Waals surface area contributed by atoms with Gasteiger partial charge < -0.3 is 0 Å². The summed E-state index contributed by atoms with van der Waals surface area (Å²) in [4.78, 5) is 0. The van der Waals surface area contributed by atoms with E-state index in [1.807, 2.05) is 0 Å². The minimum absolute atomic E-state index is 0.854. The lowest BCUT2D eigenvalue weighted by molar-refractivity contribution is 0.183. The van der Waals surface area contributed by atoms with Gasteiger partial charge in [-0.3, -0.25) is 0 Å². The van der Waals surface area contributed by atoms with Crippen molar-refractivity contribution in [3.8, 4) is 0 Å². The summed E-state index contributed by atoms with van der Waals surface area (Å²) in [6.07, 6.45) is 13.4. The Labute approximate surface area is 112 Å². The van der Waals surface area contributed by atoms with E-state index in [4.69, 9.17) is 0 Å². The highest BCUT2D eigenvalue weighted by atomic mass is 14.3. The molecule has 1 aromatic rings. The van der Waals surface area contributed by atoms with Crippen LogP contribution in [0.4, 0.5) is 0 Å². The molecule has 2 atom stereocenters. The molecule has 0 saturated heterocycles. The molecule has 0 spiro atoms. The van der Waals surface area contributed by atoms with Crippen LogP contribution in [0.25, 0.3) is 0 Å². The van der Waals surface area contributed by atoms with E-state index in [2.05, 4.69) is 30.3 Å². The van der Waals surface area contributed by atoms with Gasteiger partial charge in [0.05, 0.1) is 0 Å². The lowest BCUT2D eigenvalue weighted by Crippen LogP contribution is -2.23. The van der Waals surface area contributed by atoms with Crippen LogP contribution in [0.3, 0.4) is 0 Å². The molecule has 18 heavy (non-hydrogen) atoms. The first-order chi connectivity index (χ1) is 8.93. The Balaban J connectivity index is 1.64. The Bertz CT molecular complexity index is 348. The van der Waals surface area contributed by atoms with Gasteiger partial charge in [0.2, 0.25) is 0 Å². The highest BCUT2D eigenvalue weighted by Crippen LogP contribution is 2.43. The van der Waals surface area contributed by atoms with Crippen molar-refractivity contribution in [2.45, 2.75) is 63.7 Å². The smallest absolute Gasteiger partial charge is 0.0159 e. The summed E-state index contributed by atoms with van der Waals surface area (Å²) in [7, 11) is 0. The molecule has 0 aliphatic heterocycles. The highest BCUT2D eigenvalue weighted by molar-refractivity contribution is 5.20. The Morgan fingerprint density at radius 2 is 1.39 bits per heavy atom. The third kappa shape index (κ3) is 2.79. The van der Waals surface area contributed by atoms with E-state index in [9.17, 15) is 0 Å². The first-order valence-electron chi connectivity index (χ1n) is 7.98. The molecule has 98 valence electrons. The Morgan fingerprint density at radius 3 is 2.17 bits per heavy atom. The third-order valence-electron chi connectivity index (χ3n) is 5.30. The van der Waals surface area contributed by atoms with Crippen molar-refractivity contribution >= 4 is 0 Å². The summed E-state index contributed by atoms with van der Waals surface area (Å²) in [5, 5.41) is 0. The molecular weight excluding hydrogens is 216 g/mol. The fourth-order valence-electron chi connectivity index (χ4n) is 4.29. The van der Waals surface area contributed by atoms with Gasteiger partial charge in [0.15, 0.2) is 0 Å². The van der Waals surface area contributed by atoms with E-state index in [1.54, 1.807) is 5.56 Å². The maximum Gasteiger partial charge on any atom is -0.0159 e. The molecule has 2 fully saturated rings. The molecule has 2 aliphatic carbocycles. The summed E-state index contributed by atoms with van der Waals surface area (Å²) in [5.74, 6) is 2.95. The first kappa shape index (κ1) is 12.3. The van der Waals surface area contributed by atoms with Crippen LogP contribution in [0, 0.1) is 11.8 Å². The van der Waals surface area contributed by atoms with Crippen molar-refractivity contribution in [3.05, 3.63) is 35.9 Å². The monoisotopic (exact) mass is 242 g/mol. The standard InChI is InChI=1S/C18H26/c1-3-8-15(9-4-1)17-12-7-13-18(14-17)16-10-5-2-6-11-16/h1,3-4,8-9,16-18H,2,5-7,10-14H2. The molecule has 2 aliphatic rings. The maximum atomic E-state index is 2.34. The molecule has 0 heterocycles. The molecule has 0 radical (unpaired) electrons. The van der Waals surface area contributed by atoms with Crippen LogP contribution >= 0.6 is 0 Å². The number of benzene rings is 1. The summed E-state index contributed by atoms with van der Waals surface area (Å²) in [5.41, 5.74) is 1.60. The lowest BCUT2D eigenvalue weighted by atomic mass is 9.69. The van der Waals surface area contributed by atoms with E-state index in [0.717, 1.165) is 17.8 Å². The zero-order valence-corrected chi connectivity index (χ0v) is 11.5. The van der Waals surface area contributed by atoms with E-state index in [0.29, 0.717) is 0 Å². The van der Waals surface area contributed by atoms with Gasteiger partial charge in [0.25, 0.3) is 0 Å². The number of hydrogen-bond donors (Lipinski definition) is 0. The van der Waals surface area contributed by atoms with Crippen molar-refractivity contribution < 1.29 is 0 Å². The van der Waals surface area contributed by atoms with Crippen LogP contribution in [0.2, 0.25) is 0 Å². The molecule has 2 unspecified atom stereocenters. The summed E-state index contributed by atoms with van der Waals surface area (Å²) in [6.45, 7) is 0. The molecular formula is C18H26. The van der Waals surface area contributed by atoms with Gasteiger partial charge >= 0.3 is 0 Å². The summed E-state index contributed by atoms with van der Waals surface area (Å²) >= 11 is 0. The Hall–Kier alpha value is -0.780. The van der Waals surface area contributed by atoms with Gasteiger partial charge in [-0.15, -0.1) is 0 Å². The van der Waals surface area contributed by atoms with Crippen LogP contribution < -0.4 is 0 Å². The van der Waals surface area contributed by atoms with Crippen LogP contribution in [0.5, 0.6) is 0 Å². The third-order valence-corrected chi connectivity index (χ3v) is 5.30. The van der Waals surface area contributed by atoms with E-state index >= 15 is 0 Å².